The van der Waals surface area contributed by atoms with E-state index in [0.29, 0.717) is 0 Å². The van der Waals surface area contributed by atoms with Crippen molar-refractivity contribution in [2.24, 2.45) is 0 Å². The second-order valence-electron chi connectivity index (χ2n) is 6.53. The number of rotatable bonds is 1. The van der Waals surface area contributed by atoms with Crippen LogP contribution in [0.4, 0.5) is 5.69 Å². The van der Waals surface area contributed by atoms with E-state index in [-0.39, 0.29) is 0 Å². The van der Waals surface area contributed by atoms with Crippen molar-refractivity contribution in [1.82, 2.24) is 9.97 Å². The first-order valence-corrected chi connectivity index (χ1v) is 9.44. The highest BCUT2D eigenvalue weighted by Gasteiger charge is 2.17. The van der Waals surface area contributed by atoms with E-state index in [4.69, 9.17) is 10.2 Å². The van der Waals surface area contributed by atoms with Crippen molar-refractivity contribution in [3.63, 3.8) is 0 Å². The molecule has 0 aliphatic heterocycles. The molecule has 0 amide bonds. The zero-order valence-corrected chi connectivity index (χ0v) is 15.0. The minimum absolute atomic E-state index is 0.748. The largest absolute Gasteiger partial charge is 0.454 e. The first-order valence-electron chi connectivity index (χ1n) is 8.63. The molecule has 0 fully saturated rings. The smallest absolute Gasteiger partial charge is 0.161 e. The summed E-state index contributed by atoms with van der Waals surface area (Å²) in [6.07, 6.45) is 3.69. The van der Waals surface area contributed by atoms with Crippen molar-refractivity contribution in [3.8, 4) is 11.1 Å². The van der Waals surface area contributed by atoms with Crippen LogP contribution in [0.15, 0.2) is 71.4 Å². The molecule has 2 N–H and O–H groups in total. The third-order valence-corrected chi connectivity index (χ3v) is 6.12. The molecule has 2 aromatic carbocycles. The molecule has 0 radical (unpaired) electrons. The molecule has 0 unspecified atom stereocenters. The maximum absolute atomic E-state index is 6.18. The molecule has 0 saturated heterocycles. The van der Waals surface area contributed by atoms with Crippen molar-refractivity contribution < 1.29 is 4.42 Å². The molecule has 0 saturated carbocycles. The highest BCUT2D eigenvalue weighted by molar-refractivity contribution is 7.26. The van der Waals surface area contributed by atoms with E-state index in [2.05, 4.69) is 16.0 Å². The normalized spacial score (nSPS) is 11.9. The summed E-state index contributed by atoms with van der Waals surface area (Å²) in [6.45, 7) is 0. The quantitative estimate of drug-likeness (QED) is 0.362. The number of fused-ring (bicyclic) bond motifs is 6. The highest BCUT2D eigenvalue weighted by Crippen LogP contribution is 2.42. The molecule has 6 rings (SSSR count). The summed E-state index contributed by atoms with van der Waals surface area (Å²) >= 11 is 1.73. The fourth-order valence-electron chi connectivity index (χ4n) is 3.70. The Balaban J connectivity index is 1.74. The summed E-state index contributed by atoms with van der Waals surface area (Å²) in [6, 6.07) is 18.0. The highest BCUT2D eigenvalue weighted by atomic mass is 32.1. The van der Waals surface area contributed by atoms with Gasteiger partial charge in [0.15, 0.2) is 5.58 Å². The molecule has 0 aliphatic carbocycles. The van der Waals surface area contributed by atoms with E-state index in [9.17, 15) is 0 Å². The van der Waals surface area contributed by atoms with Gasteiger partial charge in [0.25, 0.3) is 0 Å². The fourth-order valence-corrected chi connectivity index (χ4v) is 4.87. The Kier molecular flexibility index (Phi) is 2.88. The van der Waals surface area contributed by atoms with Crippen LogP contribution in [0, 0.1) is 0 Å². The van der Waals surface area contributed by atoms with E-state index >= 15 is 0 Å². The van der Waals surface area contributed by atoms with Gasteiger partial charge in [-0.1, -0.05) is 12.1 Å². The lowest BCUT2D eigenvalue weighted by Crippen LogP contribution is -1.84. The Morgan fingerprint density at radius 2 is 1.63 bits per heavy atom. The van der Waals surface area contributed by atoms with E-state index in [1.807, 2.05) is 60.9 Å². The standard InChI is InChI=1S/C22H13N3OS/c23-12-5-6-18-16(11-12)20-22(27-18)14(8-10-25-20)13-7-9-24-19-15-3-1-2-4-17(15)26-21(13)19/h1-11H,23H2. The predicted molar refractivity (Wildman–Crippen MR) is 112 cm³/mol. The van der Waals surface area contributed by atoms with Crippen molar-refractivity contribution in [3.05, 3.63) is 67.0 Å². The first kappa shape index (κ1) is 14.7. The topological polar surface area (TPSA) is 64.9 Å². The van der Waals surface area contributed by atoms with Crippen LogP contribution in [0.25, 0.3) is 53.5 Å². The third kappa shape index (κ3) is 2.03. The summed E-state index contributed by atoms with van der Waals surface area (Å²) in [7, 11) is 0. The molecule has 4 nitrogen and oxygen atoms in total. The van der Waals surface area contributed by atoms with Crippen molar-refractivity contribution >= 4 is 59.4 Å². The van der Waals surface area contributed by atoms with Crippen molar-refractivity contribution in [2.45, 2.75) is 0 Å². The van der Waals surface area contributed by atoms with Crippen LogP contribution in [0.3, 0.4) is 0 Å². The summed E-state index contributed by atoms with van der Waals surface area (Å²) in [4.78, 5) is 9.20. The lowest BCUT2D eigenvalue weighted by atomic mass is 10.1. The summed E-state index contributed by atoms with van der Waals surface area (Å²) in [5.41, 5.74) is 12.4. The van der Waals surface area contributed by atoms with Gasteiger partial charge in [0, 0.05) is 44.7 Å². The van der Waals surface area contributed by atoms with Crippen LogP contribution in [0.1, 0.15) is 0 Å². The van der Waals surface area contributed by atoms with Crippen molar-refractivity contribution in [2.75, 3.05) is 5.73 Å². The van der Waals surface area contributed by atoms with E-state index in [0.717, 1.165) is 54.5 Å². The summed E-state index contributed by atoms with van der Waals surface area (Å²) in [5, 5.41) is 2.12. The van der Waals surface area contributed by atoms with Crippen molar-refractivity contribution in [1.29, 1.82) is 0 Å². The van der Waals surface area contributed by atoms with Crippen LogP contribution < -0.4 is 5.73 Å². The van der Waals surface area contributed by atoms with Gasteiger partial charge in [0.2, 0.25) is 0 Å². The van der Waals surface area contributed by atoms with Crippen LogP contribution in [0.5, 0.6) is 0 Å². The van der Waals surface area contributed by atoms with E-state index in [1.54, 1.807) is 11.3 Å². The second kappa shape index (κ2) is 5.28. The predicted octanol–water partition coefficient (Wildman–Crippen LogP) is 5.99. The number of anilines is 1. The van der Waals surface area contributed by atoms with E-state index in [1.165, 1.54) is 4.70 Å². The van der Waals surface area contributed by atoms with Gasteiger partial charge in [0.1, 0.15) is 11.1 Å². The molecule has 4 heterocycles. The Bertz CT molecular complexity index is 1500. The monoisotopic (exact) mass is 367 g/mol. The Morgan fingerprint density at radius 1 is 0.815 bits per heavy atom. The molecule has 27 heavy (non-hydrogen) atoms. The number of furan rings is 1. The number of thiophene rings is 1. The molecule has 5 heteroatoms. The van der Waals surface area contributed by atoms with Gasteiger partial charge in [-0.05, 0) is 42.5 Å². The van der Waals surface area contributed by atoms with Gasteiger partial charge in [-0.25, -0.2) is 0 Å². The van der Waals surface area contributed by atoms with Gasteiger partial charge < -0.3 is 10.2 Å². The van der Waals surface area contributed by atoms with Gasteiger partial charge >= 0.3 is 0 Å². The number of pyridine rings is 2. The molecular weight excluding hydrogens is 354 g/mol. The Morgan fingerprint density at radius 3 is 2.56 bits per heavy atom. The lowest BCUT2D eigenvalue weighted by Gasteiger charge is -2.03. The van der Waals surface area contributed by atoms with Gasteiger partial charge in [0.05, 0.1) is 10.2 Å². The van der Waals surface area contributed by atoms with Crippen LogP contribution in [0.2, 0.25) is 0 Å². The maximum Gasteiger partial charge on any atom is 0.161 e. The van der Waals surface area contributed by atoms with E-state index < -0.39 is 0 Å². The SMILES string of the molecule is Nc1ccc2sc3c(-c4ccnc5c4oc4ccccc45)ccnc3c2c1. The summed E-state index contributed by atoms with van der Waals surface area (Å²) in [5.74, 6) is 0. The average molecular weight is 367 g/mol. The number of para-hydroxylation sites is 1. The Hall–Kier alpha value is -3.44. The molecule has 0 atom stereocenters. The Labute approximate surface area is 157 Å². The maximum atomic E-state index is 6.18. The zero-order valence-electron chi connectivity index (χ0n) is 14.1. The number of nitrogens with two attached hydrogens (primary N) is 1. The van der Waals surface area contributed by atoms with Crippen LogP contribution >= 0.6 is 11.3 Å². The zero-order chi connectivity index (χ0) is 18.0. The average Bonchev–Trinajstić information content (AvgIpc) is 3.26. The number of aromatic nitrogens is 2. The van der Waals surface area contributed by atoms with Gasteiger partial charge in [-0.3, -0.25) is 9.97 Å². The molecular formula is C22H13N3OS. The molecule has 128 valence electrons. The molecule has 4 aromatic heterocycles. The number of nitrogens with zero attached hydrogens (tertiary/aromatic N) is 2. The number of hydrogen-bond donors (Lipinski definition) is 1. The molecule has 0 aliphatic rings. The molecule has 6 aromatic rings. The third-order valence-electron chi connectivity index (χ3n) is 4.92. The minimum atomic E-state index is 0.748. The fraction of sp³-hybridized carbons (Fsp3) is 0. The molecule has 0 spiro atoms. The first-order chi connectivity index (χ1) is 13.3. The number of benzene rings is 2. The number of hydrogen-bond acceptors (Lipinski definition) is 5. The van der Waals surface area contributed by atoms with Crippen LogP contribution in [-0.2, 0) is 0 Å². The minimum Gasteiger partial charge on any atom is -0.454 e. The van der Waals surface area contributed by atoms with Crippen LogP contribution in [-0.4, -0.2) is 9.97 Å². The molecule has 0 bridgehead atoms. The second-order valence-corrected chi connectivity index (χ2v) is 7.58. The summed E-state index contributed by atoms with van der Waals surface area (Å²) < 4.78 is 8.49. The number of nitrogen functional groups attached to an aromatic ring is 1. The van der Waals surface area contributed by atoms with Gasteiger partial charge in [-0.15, -0.1) is 11.3 Å². The van der Waals surface area contributed by atoms with Gasteiger partial charge in [-0.2, -0.15) is 0 Å². The lowest BCUT2D eigenvalue weighted by molar-refractivity contribution is 0.669.